The Labute approximate surface area is 124 Å². The lowest BCUT2D eigenvalue weighted by Crippen LogP contribution is -2.68. The fraction of sp³-hybridized carbons (Fsp3) is 0.643. The van der Waals surface area contributed by atoms with Gasteiger partial charge in [-0.15, -0.1) is 0 Å². The third-order valence-corrected chi connectivity index (χ3v) is 7.33. The molecule has 2 fully saturated rings. The summed E-state index contributed by atoms with van der Waals surface area (Å²) in [4.78, 5) is 13.9. The third kappa shape index (κ3) is 2.02. The van der Waals surface area contributed by atoms with E-state index in [9.17, 15) is 13.2 Å². The van der Waals surface area contributed by atoms with Crippen LogP contribution in [0.25, 0.3) is 0 Å². The number of aryl methyl sites for hydroxylation is 1. The molecule has 6 nitrogen and oxygen atoms in total. The number of likely N-dealkylation sites (tertiary alicyclic amines) is 1. The molecule has 1 spiro atoms. The van der Waals surface area contributed by atoms with Gasteiger partial charge in [-0.2, -0.15) is 0 Å². The average molecular weight is 313 g/mol. The molecule has 2 aliphatic heterocycles. The number of amides is 1. The van der Waals surface area contributed by atoms with Crippen LogP contribution in [0, 0.1) is 12.8 Å². The van der Waals surface area contributed by atoms with Crippen molar-refractivity contribution in [2.75, 3.05) is 32.6 Å². The first kappa shape index (κ1) is 14.6. The number of sulfone groups is 1. The van der Waals surface area contributed by atoms with Crippen molar-refractivity contribution in [2.45, 2.75) is 18.1 Å². The number of methoxy groups -OCH3 is 1. The number of rotatable bonds is 3. The molecule has 0 N–H and O–H groups in total. The Balaban J connectivity index is 1.79. The quantitative estimate of drug-likeness (QED) is 0.827. The van der Waals surface area contributed by atoms with Crippen LogP contribution in [-0.4, -0.2) is 56.5 Å². The van der Waals surface area contributed by atoms with Crippen LogP contribution in [0.4, 0.5) is 0 Å². The lowest BCUT2D eigenvalue weighted by Gasteiger charge is -2.49. The molecule has 0 aliphatic carbocycles. The fourth-order valence-corrected chi connectivity index (χ4v) is 5.79. The highest BCUT2D eigenvalue weighted by molar-refractivity contribution is 7.93. The minimum atomic E-state index is -3.17. The largest absolute Gasteiger partial charge is 0.459 e. The maximum absolute atomic E-state index is 12.4. The normalized spacial score (nSPS) is 26.0. The van der Waals surface area contributed by atoms with Crippen LogP contribution in [0.3, 0.4) is 0 Å². The lowest BCUT2D eigenvalue weighted by molar-refractivity contribution is 0.0311. The van der Waals surface area contributed by atoms with E-state index in [-0.39, 0.29) is 30.7 Å². The SMILES string of the molecule is COCC1CCS(=O)(=O)C12CN(C(=O)c1occc1C)C2. The van der Waals surface area contributed by atoms with Gasteiger partial charge in [0.05, 0.1) is 18.6 Å². The molecule has 0 bridgehead atoms. The second kappa shape index (κ2) is 4.84. The molecular weight excluding hydrogens is 294 g/mol. The van der Waals surface area contributed by atoms with Crippen LogP contribution in [0.2, 0.25) is 0 Å². The zero-order valence-electron chi connectivity index (χ0n) is 12.2. The summed E-state index contributed by atoms with van der Waals surface area (Å²) in [7, 11) is -1.60. The van der Waals surface area contributed by atoms with Gasteiger partial charge >= 0.3 is 0 Å². The molecule has 1 amide bonds. The van der Waals surface area contributed by atoms with E-state index in [2.05, 4.69) is 0 Å². The molecule has 116 valence electrons. The summed E-state index contributed by atoms with van der Waals surface area (Å²) in [5.41, 5.74) is 0.767. The third-order valence-electron chi connectivity index (χ3n) is 4.73. The summed E-state index contributed by atoms with van der Waals surface area (Å²) in [6.45, 7) is 2.69. The summed E-state index contributed by atoms with van der Waals surface area (Å²) in [5.74, 6) is 0.210. The highest BCUT2D eigenvalue weighted by Gasteiger charge is 2.62. The second-order valence-corrected chi connectivity index (χ2v) is 8.37. The number of ether oxygens (including phenoxy) is 1. The van der Waals surface area contributed by atoms with Gasteiger partial charge in [0.15, 0.2) is 15.6 Å². The second-order valence-electron chi connectivity index (χ2n) is 5.92. The number of nitrogens with zero attached hydrogens (tertiary/aromatic N) is 1. The van der Waals surface area contributed by atoms with Gasteiger partial charge in [-0.3, -0.25) is 4.79 Å². The van der Waals surface area contributed by atoms with Crippen LogP contribution < -0.4 is 0 Å². The van der Waals surface area contributed by atoms with Gasteiger partial charge in [0.25, 0.3) is 5.91 Å². The predicted molar refractivity (Wildman–Crippen MR) is 75.8 cm³/mol. The van der Waals surface area contributed by atoms with Crippen LogP contribution >= 0.6 is 0 Å². The Morgan fingerprint density at radius 3 is 2.81 bits per heavy atom. The highest BCUT2D eigenvalue weighted by atomic mass is 32.2. The first-order valence-corrected chi connectivity index (χ1v) is 8.61. The molecule has 7 heteroatoms. The summed E-state index contributed by atoms with van der Waals surface area (Å²) < 4.78 is 34.2. The number of hydrogen-bond acceptors (Lipinski definition) is 5. The van der Waals surface area contributed by atoms with E-state index >= 15 is 0 Å². The Hall–Kier alpha value is -1.34. The maximum Gasteiger partial charge on any atom is 0.289 e. The average Bonchev–Trinajstić information content (AvgIpc) is 2.90. The summed E-state index contributed by atoms with van der Waals surface area (Å²) in [6.07, 6.45) is 2.08. The number of hydrogen-bond donors (Lipinski definition) is 0. The molecular formula is C14H19NO5S. The molecule has 0 saturated carbocycles. The first-order chi connectivity index (χ1) is 9.91. The van der Waals surface area contributed by atoms with Crippen molar-refractivity contribution in [2.24, 2.45) is 5.92 Å². The van der Waals surface area contributed by atoms with Crippen molar-refractivity contribution in [1.29, 1.82) is 0 Å². The van der Waals surface area contributed by atoms with Crippen molar-refractivity contribution in [3.8, 4) is 0 Å². The topological polar surface area (TPSA) is 76.8 Å². The Morgan fingerprint density at radius 1 is 1.52 bits per heavy atom. The Bertz CT molecular complexity index is 657. The van der Waals surface area contributed by atoms with Crippen LogP contribution in [0.15, 0.2) is 16.7 Å². The zero-order chi connectivity index (χ0) is 15.3. The van der Waals surface area contributed by atoms with E-state index in [1.165, 1.54) is 6.26 Å². The molecule has 0 radical (unpaired) electrons. The summed E-state index contributed by atoms with van der Waals surface area (Å²) >= 11 is 0. The zero-order valence-corrected chi connectivity index (χ0v) is 13.0. The fourth-order valence-electron chi connectivity index (χ4n) is 3.39. The van der Waals surface area contributed by atoms with E-state index in [0.717, 1.165) is 5.56 Å². The lowest BCUT2D eigenvalue weighted by atomic mass is 9.83. The van der Waals surface area contributed by atoms with Gasteiger partial charge in [0.1, 0.15) is 4.75 Å². The summed E-state index contributed by atoms with van der Waals surface area (Å²) in [5, 5.41) is 0. The van der Waals surface area contributed by atoms with Crippen LogP contribution in [0.1, 0.15) is 22.5 Å². The van der Waals surface area contributed by atoms with Crippen LogP contribution in [-0.2, 0) is 14.6 Å². The smallest absolute Gasteiger partial charge is 0.289 e. The Kier molecular flexibility index (Phi) is 3.37. The molecule has 1 atom stereocenters. The molecule has 3 rings (SSSR count). The molecule has 2 aliphatic rings. The van der Waals surface area contributed by atoms with Crippen molar-refractivity contribution in [3.05, 3.63) is 23.7 Å². The predicted octanol–water partition coefficient (Wildman–Crippen LogP) is 0.864. The number of carbonyl (C=O) groups is 1. The van der Waals surface area contributed by atoms with Gasteiger partial charge in [0, 0.05) is 31.7 Å². The van der Waals surface area contributed by atoms with Crippen LogP contribution in [0.5, 0.6) is 0 Å². The van der Waals surface area contributed by atoms with Crippen molar-refractivity contribution >= 4 is 15.7 Å². The maximum atomic E-state index is 12.4. The molecule has 0 aromatic carbocycles. The first-order valence-electron chi connectivity index (χ1n) is 6.96. The number of carbonyl (C=O) groups excluding carboxylic acids is 1. The van der Waals surface area contributed by atoms with Crippen molar-refractivity contribution < 1.29 is 22.4 Å². The van der Waals surface area contributed by atoms with Gasteiger partial charge in [-0.25, -0.2) is 8.42 Å². The monoisotopic (exact) mass is 313 g/mol. The van der Waals surface area contributed by atoms with Crippen molar-refractivity contribution in [1.82, 2.24) is 4.90 Å². The highest BCUT2D eigenvalue weighted by Crippen LogP contribution is 2.45. The molecule has 21 heavy (non-hydrogen) atoms. The molecule has 3 heterocycles. The molecule has 2 saturated heterocycles. The molecule has 1 unspecified atom stereocenters. The number of furan rings is 1. The van der Waals surface area contributed by atoms with Crippen molar-refractivity contribution in [3.63, 3.8) is 0 Å². The molecule has 1 aromatic rings. The standard InChI is InChI=1S/C14H19NO5S/c1-10-3-5-20-12(10)13(16)15-8-14(9-15)11(7-19-2)4-6-21(14,17)18/h3,5,11H,4,6-9H2,1-2H3. The minimum absolute atomic E-state index is 0.0331. The minimum Gasteiger partial charge on any atom is -0.459 e. The van der Waals surface area contributed by atoms with E-state index < -0.39 is 14.6 Å². The van der Waals surface area contributed by atoms with E-state index in [4.69, 9.17) is 9.15 Å². The van der Waals surface area contributed by atoms with Gasteiger partial charge < -0.3 is 14.1 Å². The van der Waals surface area contributed by atoms with E-state index in [0.29, 0.717) is 18.8 Å². The van der Waals surface area contributed by atoms with E-state index in [1.54, 1.807) is 25.0 Å². The van der Waals surface area contributed by atoms with Gasteiger partial charge in [0.2, 0.25) is 0 Å². The Morgan fingerprint density at radius 2 is 2.24 bits per heavy atom. The van der Waals surface area contributed by atoms with E-state index in [1.807, 2.05) is 0 Å². The van der Waals surface area contributed by atoms with Gasteiger partial charge in [-0.05, 0) is 19.4 Å². The van der Waals surface area contributed by atoms with Gasteiger partial charge in [-0.1, -0.05) is 0 Å². The molecule has 1 aromatic heterocycles. The summed E-state index contributed by atoms with van der Waals surface area (Å²) in [6, 6.07) is 1.73.